The predicted molar refractivity (Wildman–Crippen MR) is 110 cm³/mol. The number of hydrogen-bond acceptors (Lipinski definition) is 6. The lowest BCUT2D eigenvalue weighted by molar-refractivity contribution is -0.134. The number of benzene rings is 1. The van der Waals surface area contributed by atoms with Crippen molar-refractivity contribution >= 4 is 23.5 Å². The molecule has 0 saturated carbocycles. The van der Waals surface area contributed by atoms with Crippen LogP contribution >= 0.6 is 0 Å². The van der Waals surface area contributed by atoms with E-state index in [1.54, 1.807) is 7.11 Å². The fraction of sp³-hybridized carbons (Fsp3) is 0.476. The van der Waals surface area contributed by atoms with Crippen LogP contribution in [-0.2, 0) is 25.5 Å². The summed E-state index contributed by atoms with van der Waals surface area (Å²) in [5, 5.41) is 19.1. The number of hydrogen-bond donors (Lipinski definition) is 3. The number of carboxylic acids is 2. The van der Waals surface area contributed by atoms with Gasteiger partial charge >= 0.3 is 11.9 Å². The van der Waals surface area contributed by atoms with Crippen molar-refractivity contribution in [2.24, 2.45) is 0 Å². The summed E-state index contributed by atoms with van der Waals surface area (Å²) in [6.07, 6.45) is 2.95. The van der Waals surface area contributed by atoms with Crippen LogP contribution in [0.1, 0.15) is 30.4 Å². The summed E-state index contributed by atoms with van der Waals surface area (Å²) >= 11 is 0. The summed E-state index contributed by atoms with van der Waals surface area (Å²) in [6.45, 7) is 5.66. The second-order valence-corrected chi connectivity index (χ2v) is 7.06. The van der Waals surface area contributed by atoms with E-state index in [4.69, 9.17) is 19.7 Å². The molecule has 9 heteroatoms. The highest BCUT2D eigenvalue weighted by Gasteiger charge is 2.28. The molecule has 164 valence electrons. The second-order valence-electron chi connectivity index (χ2n) is 7.06. The van der Waals surface area contributed by atoms with Gasteiger partial charge in [0.1, 0.15) is 5.75 Å². The molecular weight excluding hydrogens is 392 g/mol. The zero-order valence-electron chi connectivity index (χ0n) is 17.2. The molecule has 1 atom stereocenters. The first-order valence-electron chi connectivity index (χ1n) is 9.77. The number of anilines is 1. The highest BCUT2D eigenvalue weighted by molar-refractivity contribution is 5.98. The van der Waals surface area contributed by atoms with Crippen molar-refractivity contribution in [1.29, 1.82) is 0 Å². The molecule has 3 rings (SSSR count). The molecule has 9 nitrogen and oxygen atoms in total. The molecule has 0 radical (unpaired) electrons. The average Bonchev–Trinajstić information content (AvgIpc) is 2.88. The van der Waals surface area contributed by atoms with Crippen LogP contribution in [0.15, 0.2) is 24.3 Å². The molecule has 0 aliphatic carbocycles. The topological polar surface area (TPSA) is 125 Å². The van der Waals surface area contributed by atoms with Crippen LogP contribution in [0.25, 0.3) is 0 Å². The molecule has 2 aliphatic rings. The van der Waals surface area contributed by atoms with Crippen LogP contribution in [0.3, 0.4) is 0 Å². The Morgan fingerprint density at radius 1 is 1.30 bits per heavy atom. The minimum absolute atomic E-state index is 0.0305. The predicted octanol–water partition coefficient (Wildman–Crippen LogP) is 1.41. The summed E-state index contributed by atoms with van der Waals surface area (Å²) in [5.41, 5.74) is 3.58. The van der Waals surface area contributed by atoms with Crippen molar-refractivity contribution in [3.05, 3.63) is 35.4 Å². The Morgan fingerprint density at radius 2 is 2.00 bits per heavy atom. The maximum absolute atomic E-state index is 12.2. The summed E-state index contributed by atoms with van der Waals surface area (Å²) in [7, 11) is 1.68. The minimum Gasteiger partial charge on any atom is -0.482 e. The van der Waals surface area contributed by atoms with Gasteiger partial charge in [-0.1, -0.05) is 6.92 Å². The van der Waals surface area contributed by atoms with Gasteiger partial charge in [-0.25, -0.2) is 9.59 Å². The molecule has 1 aromatic carbocycles. The molecule has 1 amide bonds. The lowest BCUT2D eigenvalue weighted by Crippen LogP contribution is -2.40. The zero-order valence-corrected chi connectivity index (χ0v) is 17.2. The van der Waals surface area contributed by atoms with E-state index in [1.807, 2.05) is 4.90 Å². The maximum atomic E-state index is 12.2. The van der Waals surface area contributed by atoms with Crippen molar-refractivity contribution in [3.8, 4) is 5.75 Å². The van der Waals surface area contributed by atoms with Gasteiger partial charge in [-0.3, -0.25) is 4.79 Å². The number of aliphatic carboxylic acids is 2. The highest BCUT2D eigenvalue weighted by atomic mass is 16.5. The number of carbonyl (C=O) groups is 3. The quantitative estimate of drug-likeness (QED) is 0.466. The third kappa shape index (κ3) is 6.57. The van der Waals surface area contributed by atoms with Gasteiger partial charge in [0.15, 0.2) is 6.61 Å². The Bertz CT molecular complexity index is 791. The van der Waals surface area contributed by atoms with E-state index >= 15 is 0 Å². The molecule has 3 N–H and O–H groups in total. The van der Waals surface area contributed by atoms with Crippen LogP contribution in [0, 0.1) is 0 Å². The number of methoxy groups -OCH3 is 1. The van der Waals surface area contributed by atoms with Gasteiger partial charge < -0.3 is 29.9 Å². The maximum Gasteiger partial charge on any atom is 0.328 e. The minimum atomic E-state index is -1.26. The first-order valence-corrected chi connectivity index (χ1v) is 9.77. The SMILES string of the molecule is COCCCN1C(=O)COc2cc3c(cc21)C(C)CNCC3.O=C(O)/C=C/C(=O)O. The molecule has 0 aromatic heterocycles. The molecule has 30 heavy (non-hydrogen) atoms. The van der Waals surface area contributed by atoms with Gasteiger partial charge in [0.05, 0.1) is 5.69 Å². The van der Waals surface area contributed by atoms with Crippen LogP contribution in [0.2, 0.25) is 0 Å². The average molecular weight is 420 g/mol. The number of ether oxygens (including phenoxy) is 2. The summed E-state index contributed by atoms with van der Waals surface area (Å²) in [5.74, 6) is -1.20. The molecule has 1 unspecified atom stereocenters. The van der Waals surface area contributed by atoms with Gasteiger partial charge in [0.25, 0.3) is 5.91 Å². The second kappa shape index (κ2) is 11.3. The van der Waals surface area contributed by atoms with Crippen molar-refractivity contribution in [3.63, 3.8) is 0 Å². The van der Waals surface area contributed by atoms with Gasteiger partial charge in [-0.15, -0.1) is 0 Å². The third-order valence-electron chi connectivity index (χ3n) is 4.82. The first kappa shape index (κ1) is 23.4. The normalized spacial score (nSPS) is 17.9. The van der Waals surface area contributed by atoms with E-state index < -0.39 is 11.9 Å². The summed E-state index contributed by atoms with van der Waals surface area (Å²) in [6, 6.07) is 4.29. The van der Waals surface area contributed by atoms with Crippen molar-refractivity contribution in [2.75, 3.05) is 44.9 Å². The number of fused-ring (bicyclic) bond motifs is 2. The Hall–Kier alpha value is -2.91. The number of nitrogens with zero attached hydrogens (tertiary/aromatic N) is 1. The Balaban J connectivity index is 0.000000343. The molecule has 0 fully saturated rings. The third-order valence-corrected chi connectivity index (χ3v) is 4.82. The van der Waals surface area contributed by atoms with E-state index in [-0.39, 0.29) is 12.5 Å². The van der Waals surface area contributed by atoms with Gasteiger partial charge in [-0.2, -0.15) is 0 Å². The van der Waals surface area contributed by atoms with Crippen molar-refractivity contribution < 1.29 is 34.1 Å². The lowest BCUT2D eigenvalue weighted by atomic mass is 9.93. The zero-order chi connectivity index (χ0) is 22.1. The number of amides is 1. The summed E-state index contributed by atoms with van der Waals surface area (Å²) < 4.78 is 10.8. The van der Waals surface area contributed by atoms with E-state index in [9.17, 15) is 14.4 Å². The van der Waals surface area contributed by atoms with Gasteiger partial charge in [-0.05, 0) is 48.6 Å². The van der Waals surface area contributed by atoms with Crippen LogP contribution in [0.4, 0.5) is 5.69 Å². The van der Waals surface area contributed by atoms with E-state index in [1.165, 1.54) is 11.1 Å². The molecule has 0 spiro atoms. The first-order chi connectivity index (χ1) is 14.3. The molecule has 0 saturated heterocycles. The molecule has 2 aliphatic heterocycles. The standard InChI is InChI=1S/C17H24N2O3.C4H4O4/c1-12-10-18-5-4-13-8-16-15(9-14(12)13)19(6-3-7-21-2)17(20)11-22-16;5-3(6)1-2-4(7)8/h8-9,12,18H,3-7,10-11H2,1-2H3;1-2H,(H,5,6)(H,7,8)/b;2-1+. The Labute approximate surface area is 175 Å². The fourth-order valence-electron chi connectivity index (χ4n) is 3.39. The van der Waals surface area contributed by atoms with Crippen molar-refractivity contribution in [1.82, 2.24) is 5.32 Å². The van der Waals surface area contributed by atoms with Crippen LogP contribution in [0.5, 0.6) is 5.75 Å². The number of rotatable bonds is 6. The van der Waals surface area contributed by atoms with E-state index in [0.29, 0.717) is 31.2 Å². The highest BCUT2D eigenvalue weighted by Crippen LogP contribution is 2.38. The molecule has 2 heterocycles. The Morgan fingerprint density at radius 3 is 2.63 bits per heavy atom. The van der Waals surface area contributed by atoms with Gasteiger partial charge in [0.2, 0.25) is 0 Å². The fourth-order valence-corrected chi connectivity index (χ4v) is 3.39. The van der Waals surface area contributed by atoms with E-state index in [2.05, 4.69) is 24.4 Å². The molecule has 0 bridgehead atoms. The molecular formula is C21H28N2O7. The lowest BCUT2D eigenvalue weighted by Gasteiger charge is -2.31. The monoisotopic (exact) mass is 420 g/mol. The number of carboxylic acid groups (broad SMARTS) is 2. The number of nitrogens with one attached hydrogen (secondary N) is 1. The largest absolute Gasteiger partial charge is 0.482 e. The summed E-state index contributed by atoms with van der Waals surface area (Å²) in [4.78, 5) is 33.2. The molecule has 1 aromatic rings. The van der Waals surface area contributed by atoms with Crippen LogP contribution < -0.4 is 15.0 Å². The number of carbonyl (C=O) groups excluding carboxylic acids is 1. The van der Waals surface area contributed by atoms with Gasteiger partial charge in [0, 0.05) is 39.0 Å². The Kier molecular flexibility index (Phi) is 8.82. The van der Waals surface area contributed by atoms with Crippen LogP contribution in [-0.4, -0.2) is 68.0 Å². The smallest absolute Gasteiger partial charge is 0.328 e. The van der Waals surface area contributed by atoms with E-state index in [0.717, 1.165) is 37.4 Å². The van der Waals surface area contributed by atoms with Crippen molar-refractivity contribution in [2.45, 2.75) is 25.7 Å².